The third-order valence-electron chi connectivity index (χ3n) is 1.54. The molecule has 0 aliphatic rings. The summed E-state index contributed by atoms with van der Waals surface area (Å²) in [7, 11) is 0. The van der Waals surface area contributed by atoms with Crippen molar-refractivity contribution in [2.45, 2.75) is 9.45 Å². The van der Waals surface area contributed by atoms with E-state index in [-0.39, 0.29) is 18.2 Å². The van der Waals surface area contributed by atoms with Crippen LogP contribution in [-0.4, -0.2) is 24.4 Å². The lowest BCUT2D eigenvalue weighted by atomic mass is 10.2. The van der Waals surface area contributed by atoms with Crippen LogP contribution in [0.4, 0.5) is 0 Å². The topological polar surface area (TPSA) is 0 Å². The highest BCUT2D eigenvalue weighted by molar-refractivity contribution is 9.23. The molecule has 1 aromatic carbocycles. The molecule has 0 N–H and O–H groups in total. The van der Waals surface area contributed by atoms with E-state index in [0.717, 1.165) is 0 Å². The Bertz CT molecular complexity index is 210. The highest BCUT2D eigenvalue weighted by Gasteiger charge is 1.94. The van der Waals surface area contributed by atoms with Crippen molar-refractivity contribution in [1.82, 2.24) is 0 Å². The van der Waals surface area contributed by atoms with E-state index in [4.69, 9.17) is 0 Å². The van der Waals surface area contributed by atoms with Crippen LogP contribution in [0.15, 0.2) is 29.2 Å². The van der Waals surface area contributed by atoms with Crippen molar-refractivity contribution in [2.75, 3.05) is 6.26 Å². The van der Waals surface area contributed by atoms with Crippen molar-refractivity contribution in [3.63, 3.8) is 0 Å². The van der Waals surface area contributed by atoms with Crippen LogP contribution in [0.25, 0.3) is 0 Å². The maximum Gasteiger partial charge on any atom is 0.473 e. The molecule has 0 aromatic heterocycles. The van der Waals surface area contributed by atoms with Gasteiger partial charge in [0.1, 0.15) is 0 Å². The normalized spacial score (nSPS) is 9.27. The molecular formula is C8H9BrMgS. The van der Waals surface area contributed by atoms with Gasteiger partial charge in [-0.2, -0.15) is 0 Å². The second-order valence-electron chi connectivity index (χ2n) is 2.29. The molecule has 0 amide bonds. The van der Waals surface area contributed by atoms with E-state index < -0.39 is 0 Å². The van der Waals surface area contributed by atoms with Gasteiger partial charge in [-0.1, -0.05) is 17.7 Å². The molecule has 56 valence electrons. The number of hydrogen-bond acceptors (Lipinski definition) is 1. The van der Waals surface area contributed by atoms with Crippen LogP contribution in [0.5, 0.6) is 0 Å². The second-order valence-corrected chi connectivity index (χ2v) is 6.42. The molecule has 0 fully saturated rings. The molecule has 0 saturated carbocycles. The van der Waals surface area contributed by atoms with Gasteiger partial charge in [-0.25, -0.2) is 0 Å². The van der Waals surface area contributed by atoms with Gasteiger partial charge < -0.3 is 12.9 Å². The fraction of sp³-hybridized carbons (Fsp3) is 0.250. The standard InChI is InChI=1S/C8H9S.BrH.Mg/c1-7-3-5-8(9-2)6-4-7;;/h3-6H,1H2,2H3;1H;/q;;+1/p-1. The third kappa shape index (κ3) is 3.36. The Balaban J connectivity index is 2.66. The van der Waals surface area contributed by atoms with Gasteiger partial charge in [0.05, 0.1) is 0 Å². The summed E-state index contributed by atoms with van der Waals surface area (Å²) in [4.78, 5) is 1.35. The molecule has 0 aliphatic heterocycles. The predicted octanol–water partition coefficient (Wildman–Crippen LogP) is 2.92. The van der Waals surface area contributed by atoms with E-state index in [1.54, 1.807) is 11.8 Å². The number of halogens is 1. The maximum atomic E-state index is 3.56. The van der Waals surface area contributed by atoms with Crippen LogP contribution in [-0.2, 0) is 4.55 Å². The van der Waals surface area contributed by atoms with E-state index in [1.807, 2.05) is 0 Å². The van der Waals surface area contributed by atoms with Crippen molar-refractivity contribution in [2.24, 2.45) is 0 Å². The van der Waals surface area contributed by atoms with Crippen LogP contribution in [0, 0.1) is 0 Å². The molecule has 3 heteroatoms. The molecule has 11 heavy (non-hydrogen) atoms. The first-order valence-corrected chi connectivity index (χ1v) is 9.68. The Kier molecular flexibility index (Phi) is 4.91. The largest absolute Gasteiger partial charge is 0.473 e. The summed E-state index contributed by atoms with van der Waals surface area (Å²) in [6.07, 6.45) is 2.11. The lowest BCUT2D eigenvalue weighted by molar-refractivity contribution is 1.34. The second kappa shape index (κ2) is 5.46. The fourth-order valence-corrected chi connectivity index (χ4v) is 3.23. The van der Waals surface area contributed by atoms with Crippen LogP contribution in [0.3, 0.4) is 0 Å². The van der Waals surface area contributed by atoms with Gasteiger partial charge in [0.15, 0.2) is 0 Å². The Morgan fingerprint density at radius 1 is 1.36 bits per heavy atom. The first-order chi connectivity index (χ1) is 5.36. The van der Waals surface area contributed by atoms with E-state index in [9.17, 15) is 0 Å². The molecule has 0 spiro atoms. The average molecular weight is 241 g/mol. The Morgan fingerprint density at radius 2 is 2.00 bits per heavy atom. The minimum absolute atomic E-state index is 0.00284. The Labute approximate surface area is 87.7 Å². The number of rotatable bonds is 3. The molecule has 0 nitrogen and oxygen atoms in total. The lowest BCUT2D eigenvalue weighted by Crippen LogP contribution is -1.87. The van der Waals surface area contributed by atoms with Gasteiger partial charge in [0.25, 0.3) is 0 Å². The van der Waals surface area contributed by atoms with E-state index in [0.29, 0.717) is 0 Å². The summed E-state index contributed by atoms with van der Waals surface area (Å²) in [6.45, 7) is 0. The summed E-state index contributed by atoms with van der Waals surface area (Å²) in [5.74, 6) is 0. The molecule has 0 heterocycles. The van der Waals surface area contributed by atoms with Gasteiger partial charge in [0.2, 0.25) is 0 Å². The van der Waals surface area contributed by atoms with Crippen molar-refractivity contribution < 1.29 is 0 Å². The SMILES string of the molecule is CSc1ccc([CH2][Mg][Br])cc1. The molecule has 0 bridgehead atoms. The molecule has 1 aromatic rings. The highest BCUT2D eigenvalue weighted by atomic mass is 79.9. The summed E-state index contributed by atoms with van der Waals surface area (Å²) < 4.78 is 1.26. The van der Waals surface area contributed by atoms with Gasteiger partial charge in [-0.15, -0.1) is 16.3 Å². The van der Waals surface area contributed by atoms with Crippen LogP contribution < -0.4 is 0 Å². The number of thioether (sulfide) groups is 1. The van der Waals surface area contributed by atoms with Gasteiger partial charge >= 0.3 is 18.2 Å². The minimum Gasteiger partial charge on any atom is -0.306 e. The fourth-order valence-electron chi connectivity index (χ4n) is 0.901. The maximum absolute atomic E-state index is 3.56. The highest BCUT2D eigenvalue weighted by Crippen LogP contribution is 2.14. The molecule has 1 rings (SSSR count). The summed E-state index contributed by atoms with van der Waals surface area (Å²) >= 11 is 5.35. The molecule has 0 saturated heterocycles. The third-order valence-corrected chi connectivity index (χ3v) is 4.24. The number of hydrogen-bond donors (Lipinski definition) is 0. The van der Waals surface area contributed by atoms with Crippen LogP contribution in [0.1, 0.15) is 5.56 Å². The van der Waals surface area contributed by atoms with Crippen molar-refractivity contribution in [1.29, 1.82) is 0 Å². The minimum atomic E-state index is 0.00284. The monoisotopic (exact) mass is 240 g/mol. The van der Waals surface area contributed by atoms with Crippen molar-refractivity contribution >= 4 is 42.8 Å². The van der Waals surface area contributed by atoms with Gasteiger partial charge in [0, 0.05) is 4.90 Å². The smallest absolute Gasteiger partial charge is 0.306 e. The predicted molar refractivity (Wildman–Crippen MR) is 56.6 cm³/mol. The van der Waals surface area contributed by atoms with E-state index in [2.05, 4.69) is 43.4 Å². The molecule has 0 unspecified atom stereocenters. The zero-order valence-electron chi connectivity index (χ0n) is 6.51. The first-order valence-electron chi connectivity index (χ1n) is 3.55. The summed E-state index contributed by atoms with van der Waals surface area (Å²) in [5, 5.41) is 0. The molecule has 0 aliphatic carbocycles. The van der Waals surface area contributed by atoms with Gasteiger partial charge in [-0.3, -0.25) is 0 Å². The zero-order valence-corrected chi connectivity index (χ0v) is 10.3. The average Bonchev–Trinajstić information content (AvgIpc) is 2.07. The molecular weight excluding hydrogens is 232 g/mol. The molecule has 0 atom stereocenters. The summed E-state index contributed by atoms with van der Waals surface area (Å²) in [6, 6.07) is 8.83. The quantitative estimate of drug-likeness (QED) is 0.579. The van der Waals surface area contributed by atoms with Crippen LogP contribution >= 0.6 is 24.6 Å². The van der Waals surface area contributed by atoms with E-state index in [1.165, 1.54) is 15.0 Å². The van der Waals surface area contributed by atoms with Gasteiger partial charge in [-0.05, 0) is 18.4 Å². The number of benzene rings is 1. The molecule has 0 radical (unpaired) electrons. The van der Waals surface area contributed by atoms with Crippen molar-refractivity contribution in [3.8, 4) is 0 Å². The van der Waals surface area contributed by atoms with Crippen LogP contribution in [0.2, 0.25) is 0 Å². The Hall–Kier alpha value is 0.816. The van der Waals surface area contributed by atoms with Crippen molar-refractivity contribution in [3.05, 3.63) is 29.8 Å². The Morgan fingerprint density at radius 3 is 2.45 bits per heavy atom. The lowest BCUT2D eigenvalue weighted by Gasteiger charge is -1.98. The van der Waals surface area contributed by atoms with E-state index >= 15 is 0 Å². The first kappa shape index (κ1) is 9.90. The summed E-state index contributed by atoms with van der Waals surface area (Å²) in [5.41, 5.74) is 1.46. The zero-order chi connectivity index (χ0) is 8.10.